The molecular formula is C12H14N2O5S. The Morgan fingerprint density at radius 3 is 2.55 bits per heavy atom. The van der Waals surface area contributed by atoms with Gasteiger partial charge in [-0.2, -0.15) is 11.8 Å². The maximum absolute atomic E-state index is 11.6. The Hall–Kier alpha value is -2.22. The van der Waals surface area contributed by atoms with Gasteiger partial charge in [0, 0.05) is 12.2 Å². The van der Waals surface area contributed by atoms with Crippen LogP contribution in [0.1, 0.15) is 16.8 Å². The number of phenols is 1. The van der Waals surface area contributed by atoms with Crippen LogP contribution in [0.4, 0.5) is 5.69 Å². The maximum Gasteiger partial charge on any atom is 0.335 e. The molecule has 7 nitrogen and oxygen atoms in total. The van der Waals surface area contributed by atoms with E-state index in [4.69, 9.17) is 10.8 Å². The number of aromatic carboxylic acids is 1. The van der Waals surface area contributed by atoms with Crippen LogP contribution in [0.25, 0.3) is 0 Å². The minimum atomic E-state index is -1.17. The number of hydrogen-bond donors (Lipinski definition) is 4. The molecular weight excluding hydrogens is 284 g/mol. The first-order valence-corrected chi connectivity index (χ1v) is 6.78. The van der Waals surface area contributed by atoms with E-state index in [1.54, 1.807) is 0 Å². The number of primary amides is 1. The van der Waals surface area contributed by atoms with Crippen molar-refractivity contribution in [1.82, 2.24) is 0 Å². The van der Waals surface area contributed by atoms with Crippen LogP contribution < -0.4 is 11.1 Å². The summed E-state index contributed by atoms with van der Waals surface area (Å²) in [7, 11) is 0. The molecule has 0 bridgehead atoms. The number of anilines is 1. The number of benzene rings is 1. The van der Waals surface area contributed by atoms with Gasteiger partial charge in [-0.05, 0) is 18.2 Å². The van der Waals surface area contributed by atoms with Crippen molar-refractivity contribution in [3.8, 4) is 5.75 Å². The Labute approximate surface area is 119 Å². The molecule has 0 radical (unpaired) electrons. The van der Waals surface area contributed by atoms with Crippen LogP contribution in [0, 0.1) is 0 Å². The fraction of sp³-hybridized carbons (Fsp3) is 0.250. The Morgan fingerprint density at radius 2 is 2.00 bits per heavy atom. The van der Waals surface area contributed by atoms with Crippen LogP contribution in [0.2, 0.25) is 0 Å². The number of nitrogens with two attached hydrogens (primary N) is 1. The topological polar surface area (TPSA) is 130 Å². The quantitative estimate of drug-likeness (QED) is 0.431. The summed E-state index contributed by atoms with van der Waals surface area (Å²) in [6, 6.07) is 3.65. The summed E-state index contributed by atoms with van der Waals surface area (Å²) >= 11 is 1.24. The molecule has 0 aliphatic heterocycles. The van der Waals surface area contributed by atoms with E-state index in [1.165, 1.54) is 23.9 Å². The summed E-state index contributed by atoms with van der Waals surface area (Å²) in [6.07, 6.45) is 0.151. The smallest absolute Gasteiger partial charge is 0.335 e. The molecule has 20 heavy (non-hydrogen) atoms. The molecule has 0 unspecified atom stereocenters. The lowest BCUT2D eigenvalue weighted by Crippen LogP contribution is -2.15. The van der Waals surface area contributed by atoms with Crippen molar-refractivity contribution in [3.05, 3.63) is 23.8 Å². The van der Waals surface area contributed by atoms with Crippen LogP contribution in [0.15, 0.2) is 18.2 Å². The number of phenolic OH excluding ortho intramolecular Hbond substituents is 1. The summed E-state index contributed by atoms with van der Waals surface area (Å²) in [4.78, 5) is 32.7. The molecule has 0 heterocycles. The molecule has 1 rings (SSSR count). The van der Waals surface area contributed by atoms with Crippen molar-refractivity contribution in [3.63, 3.8) is 0 Å². The predicted molar refractivity (Wildman–Crippen MR) is 74.8 cm³/mol. The largest absolute Gasteiger partial charge is 0.506 e. The van der Waals surface area contributed by atoms with E-state index in [9.17, 15) is 19.5 Å². The van der Waals surface area contributed by atoms with Crippen LogP contribution in [0.3, 0.4) is 0 Å². The van der Waals surface area contributed by atoms with E-state index in [0.29, 0.717) is 5.75 Å². The van der Waals surface area contributed by atoms with Gasteiger partial charge >= 0.3 is 5.97 Å². The van der Waals surface area contributed by atoms with Crippen LogP contribution in [-0.4, -0.2) is 39.5 Å². The van der Waals surface area contributed by atoms with Gasteiger partial charge < -0.3 is 21.3 Å². The average Bonchev–Trinajstić information content (AvgIpc) is 2.36. The molecule has 0 saturated carbocycles. The molecule has 0 atom stereocenters. The summed E-state index contributed by atoms with van der Waals surface area (Å²) in [5, 5.41) is 20.8. The second-order valence-corrected chi connectivity index (χ2v) is 4.96. The number of carboxylic acids is 1. The van der Waals surface area contributed by atoms with Crippen molar-refractivity contribution in [2.45, 2.75) is 6.42 Å². The average molecular weight is 298 g/mol. The lowest BCUT2D eigenvalue weighted by atomic mass is 10.2. The van der Waals surface area contributed by atoms with Gasteiger partial charge in [0.1, 0.15) is 5.75 Å². The zero-order valence-electron chi connectivity index (χ0n) is 10.5. The molecule has 2 amide bonds. The molecule has 1 aromatic carbocycles. The highest BCUT2D eigenvalue weighted by Crippen LogP contribution is 2.24. The van der Waals surface area contributed by atoms with Gasteiger partial charge in [0.15, 0.2) is 0 Å². The van der Waals surface area contributed by atoms with E-state index in [0.717, 1.165) is 6.07 Å². The standard InChI is InChI=1S/C12H14N2O5S/c13-10(16)6-20-4-3-11(17)14-8-2-1-7(12(18)19)5-9(8)15/h1-2,5,15H,3-4,6H2,(H2,13,16)(H,14,17)(H,18,19). The summed E-state index contributed by atoms with van der Waals surface area (Å²) < 4.78 is 0. The lowest BCUT2D eigenvalue weighted by Gasteiger charge is -2.07. The Bertz CT molecular complexity index is 533. The molecule has 0 aliphatic rings. The fourth-order valence-electron chi connectivity index (χ4n) is 1.32. The van der Waals surface area contributed by atoms with Gasteiger partial charge in [-0.15, -0.1) is 0 Å². The van der Waals surface area contributed by atoms with E-state index in [1.807, 2.05) is 0 Å². The number of carbonyl (C=O) groups excluding carboxylic acids is 2. The van der Waals surface area contributed by atoms with Gasteiger partial charge in [-0.1, -0.05) is 0 Å². The van der Waals surface area contributed by atoms with E-state index < -0.39 is 11.9 Å². The van der Waals surface area contributed by atoms with E-state index >= 15 is 0 Å². The number of hydrogen-bond acceptors (Lipinski definition) is 5. The third-order valence-corrected chi connectivity index (χ3v) is 3.22. The fourth-order valence-corrected chi connectivity index (χ4v) is 2.00. The SMILES string of the molecule is NC(=O)CSCCC(=O)Nc1ccc(C(=O)O)cc1O. The first-order chi connectivity index (χ1) is 9.40. The minimum absolute atomic E-state index is 0.0717. The monoisotopic (exact) mass is 298 g/mol. The van der Waals surface area contributed by atoms with Gasteiger partial charge in [-0.25, -0.2) is 4.79 Å². The van der Waals surface area contributed by atoms with Crippen LogP contribution in [-0.2, 0) is 9.59 Å². The first-order valence-electron chi connectivity index (χ1n) is 5.62. The maximum atomic E-state index is 11.6. The molecule has 0 aromatic heterocycles. The molecule has 0 fully saturated rings. The van der Waals surface area contributed by atoms with Crippen LogP contribution >= 0.6 is 11.8 Å². The van der Waals surface area contributed by atoms with Crippen LogP contribution in [0.5, 0.6) is 5.75 Å². The number of carbonyl (C=O) groups is 3. The van der Waals surface area contributed by atoms with Gasteiger partial charge in [0.05, 0.1) is 17.0 Å². The zero-order chi connectivity index (χ0) is 15.1. The first kappa shape index (κ1) is 15.8. The van der Waals surface area contributed by atoms with Crippen molar-refractivity contribution in [1.29, 1.82) is 0 Å². The number of aromatic hydroxyl groups is 1. The van der Waals surface area contributed by atoms with Gasteiger partial charge in [-0.3, -0.25) is 9.59 Å². The Kier molecular flexibility index (Phi) is 5.85. The molecule has 0 aliphatic carbocycles. The van der Waals surface area contributed by atoms with Crippen molar-refractivity contribution in [2.24, 2.45) is 5.73 Å². The Morgan fingerprint density at radius 1 is 1.30 bits per heavy atom. The zero-order valence-corrected chi connectivity index (χ0v) is 11.3. The highest BCUT2D eigenvalue weighted by molar-refractivity contribution is 7.99. The number of amides is 2. The molecule has 108 valence electrons. The molecule has 0 saturated heterocycles. The van der Waals surface area contributed by atoms with Crippen molar-refractivity contribution < 1.29 is 24.6 Å². The third kappa shape index (κ3) is 5.19. The highest BCUT2D eigenvalue weighted by atomic mass is 32.2. The predicted octanol–water partition coefficient (Wildman–Crippen LogP) is 0.637. The van der Waals surface area contributed by atoms with Crippen molar-refractivity contribution >= 4 is 35.2 Å². The van der Waals surface area contributed by atoms with E-state index in [2.05, 4.69) is 5.32 Å². The van der Waals surface area contributed by atoms with Crippen molar-refractivity contribution in [2.75, 3.05) is 16.8 Å². The Balaban J connectivity index is 2.50. The highest BCUT2D eigenvalue weighted by Gasteiger charge is 2.10. The third-order valence-electron chi connectivity index (χ3n) is 2.24. The second kappa shape index (κ2) is 7.39. The van der Waals surface area contributed by atoms with E-state index in [-0.39, 0.29) is 35.1 Å². The van der Waals surface area contributed by atoms with Gasteiger partial charge in [0.2, 0.25) is 11.8 Å². The number of nitrogens with one attached hydrogen (secondary N) is 1. The molecule has 1 aromatic rings. The summed E-state index contributed by atoms with van der Waals surface area (Å²) in [5.41, 5.74) is 5.02. The number of rotatable bonds is 7. The molecule has 5 N–H and O–H groups in total. The second-order valence-electron chi connectivity index (χ2n) is 3.85. The minimum Gasteiger partial charge on any atom is -0.506 e. The molecule has 0 spiro atoms. The van der Waals surface area contributed by atoms with Gasteiger partial charge in [0.25, 0.3) is 0 Å². The lowest BCUT2D eigenvalue weighted by molar-refractivity contribution is -0.116. The summed E-state index contributed by atoms with van der Waals surface area (Å²) in [6.45, 7) is 0. The normalized spacial score (nSPS) is 10.0. The number of carboxylic acid groups (broad SMARTS) is 1. The molecule has 8 heteroatoms. The summed E-state index contributed by atoms with van der Waals surface area (Å²) in [5.74, 6) is -1.71. The number of thioether (sulfide) groups is 1.